The van der Waals surface area contributed by atoms with Gasteiger partial charge in [-0.05, 0) is 12.1 Å². The van der Waals surface area contributed by atoms with Crippen LogP contribution in [-0.4, -0.2) is 43.6 Å². The molecule has 9 nitrogen and oxygen atoms in total. The minimum Gasteiger partial charge on any atom is -0.265 e. The molecule has 0 saturated heterocycles. The third kappa shape index (κ3) is 1.43. The quantitative estimate of drug-likeness (QED) is 0.506. The maximum absolute atomic E-state index is 10.8. The van der Waals surface area contributed by atoms with E-state index in [0.717, 1.165) is 0 Å². The first-order valence-electron chi connectivity index (χ1n) is 4.82. The van der Waals surface area contributed by atoms with Gasteiger partial charge in [0.1, 0.15) is 0 Å². The molecule has 0 atom stereocenters. The SMILES string of the molecule is O=[C]=[Co](=[C]=O)(=[C]=O)(=[C]=O)(=[C]=O)(=[C]=O)(=[C]=O)=[C]=O.c1ccncc1. The summed E-state index contributed by atoms with van der Waals surface area (Å²) >= 11 is 0. The first-order valence-corrected chi connectivity index (χ1v) is 8.98. The third-order valence-corrected chi connectivity index (χ3v) is 8.42. The van der Waals surface area contributed by atoms with Crippen LogP contribution in [0.5, 0.6) is 0 Å². The van der Waals surface area contributed by atoms with Gasteiger partial charge in [0.2, 0.25) is 0 Å². The zero-order valence-electron chi connectivity index (χ0n) is 10.9. The van der Waals surface area contributed by atoms with E-state index in [1.54, 1.807) is 12.4 Å². The number of carbonyl (C=O) groups excluding carboxylic acids is 8. The fourth-order valence-electron chi connectivity index (χ4n) is 0.701. The summed E-state index contributed by atoms with van der Waals surface area (Å²) in [5.74, 6) is 0. The molecule has 1 heterocycles. The van der Waals surface area contributed by atoms with Gasteiger partial charge >= 0.3 is 81.9 Å². The van der Waals surface area contributed by atoms with Crippen molar-refractivity contribution in [3.63, 3.8) is 0 Å². The van der Waals surface area contributed by atoms with Crippen molar-refractivity contribution >= 4 is 38.6 Å². The zero-order chi connectivity index (χ0) is 18.3. The molecule has 0 N–H and O–H groups in total. The van der Waals surface area contributed by atoms with E-state index in [-0.39, 0.29) is 38.6 Å². The molecule has 0 unspecified atom stereocenters. The first kappa shape index (κ1) is 19.3. The molecule has 23 heavy (non-hydrogen) atoms. The Kier molecular flexibility index (Phi) is 3.13. The minimum absolute atomic E-state index is 0.0703. The van der Waals surface area contributed by atoms with Crippen LogP contribution in [0.25, 0.3) is 0 Å². The molecule has 0 saturated carbocycles. The van der Waals surface area contributed by atoms with Crippen LogP contribution < -0.4 is 0 Å². The van der Waals surface area contributed by atoms with Crippen molar-refractivity contribution in [2.45, 2.75) is 0 Å². The Balaban J connectivity index is 0.000000664. The monoisotopic (exact) mass is 362 g/mol. The number of hydrogen-bond donors (Lipinski definition) is 0. The molecule has 1 rings (SSSR count). The summed E-state index contributed by atoms with van der Waals surface area (Å²) in [6.07, 6.45) is 3.50. The predicted octanol–water partition coefficient (Wildman–Crippen LogP) is -2.10. The van der Waals surface area contributed by atoms with E-state index >= 15 is 0 Å². The molecular formula is C13H5CoNO8. The summed E-state index contributed by atoms with van der Waals surface area (Å²) in [5.41, 5.74) is 0. The van der Waals surface area contributed by atoms with Crippen molar-refractivity contribution in [2.75, 3.05) is 0 Å². The fourth-order valence-corrected chi connectivity index (χ4v) is 1.92. The summed E-state index contributed by atoms with van der Waals surface area (Å²) in [7, 11) is 0. The average Bonchev–Trinajstić information content (AvgIpc) is 2.71. The molecule has 0 aliphatic rings. The molecule has 1 aromatic heterocycles. The smallest absolute Gasteiger partial charge is 0.0267 e. The second-order valence-corrected chi connectivity index (χ2v) is 12.9. The van der Waals surface area contributed by atoms with Crippen LogP contribution in [0.15, 0.2) is 30.6 Å². The molecule has 0 bridgehead atoms. The number of nitrogens with zero attached hydrogens (tertiary/aromatic N) is 1. The van der Waals surface area contributed by atoms with E-state index in [2.05, 4.69) is 4.98 Å². The van der Waals surface area contributed by atoms with Gasteiger partial charge in [-0.15, -0.1) is 0 Å². The third-order valence-electron chi connectivity index (χ3n) is 2.47. The Morgan fingerprint density at radius 3 is 0.783 bits per heavy atom. The average molecular weight is 362 g/mol. The molecular weight excluding hydrogens is 357 g/mol. The number of rotatable bonds is 0. The number of hydrogen-bond acceptors (Lipinski definition) is 9. The van der Waals surface area contributed by atoms with Gasteiger partial charge in [0.05, 0.1) is 0 Å². The molecule has 10 heteroatoms. The van der Waals surface area contributed by atoms with Crippen LogP contribution in [-0.2, 0) is 43.3 Å². The zero-order valence-corrected chi connectivity index (χ0v) is 12.0. The van der Waals surface area contributed by atoms with Crippen molar-refractivity contribution in [1.82, 2.24) is 4.98 Å². The van der Waals surface area contributed by atoms with Gasteiger partial charge in [0.25, 0.3) is 0 Å². The molecule has 0 fully saturated rings. The van der Waals surface area contributed by atoms with Crippen LogP contribution in [0.2, 0.25) is 0 Å². The molecule has 0 spiro atoms. The largest absolute Gasteiger partial charge is 0.265 e. The van der Waals surface area contributed by atoms with E-state index < -0.39 is 4.97 Å². The van der Waals surface area contributed by atoms with Crippen molar-refractivity contribution in [2.24, 2.45) is 0 Å². The van der Waals surface area contributed by atoms with Gasteiger partial charge in [-0.25, -0.2) is 0 Å². The number of aromatic nitrogens is 1. The molecule has 0 aliphatic carbocycles. The van der Waals surface area contributed by atoms with Gasteiger partial charge in [0.15, 0.2) is 0 Å². The Labute approximate surface area is 118 Å². The topological polar surface area (TPSA) is 149 Å². The van der Waals surface area contributed by atoms with Gasteiger partial charge in [0, 0.05) is 12.4 Å². The van der Waals surface area contributed by atoms with E-state index in [1.807, 2.05) is 18.2 Å². The number of pyridine rings is 1. The van der Waals surface area contributed by atoms with Gasteiger partial charge in [-0.2, -0.15) is 0 Å². The Bertz CT molecular complexity index is 1630. The summed E-state index contributed by atoms with van der Waals surface area (Å²) in [5, 5.41) is 0. The van der Waals surface area contributed by atoms with Gasteiger partial charge in [-0.1, -0.05) is 6.07 Å². The van der Waals surface area contributed by atoms with Crippen LogP contribution >= 0.6 is 0 Å². The van der Waals surface area contributed by atoms with Crippen LogP contribution in [0.1, 0.15) is 0 Å². The van der Waals surface area contributed by atoms with Crippen LogP contribution in [0.3, 0.4) is 0 Å². The summed E-state index contributed by atoms with van der Waals surface area (Å²) in [4.78, 5) is 80.2. The van der Waals surface area contributed by atoms with Crippen molar-refractivity contribution in [1.29, 1.82) is 0 Å². The maximum Gasteiger partial charge on any atom is 0.0267 e. The Hall–Kier alpha value is -3.70. The Morgan fingerprint density at radius 1 is 0.478 bits per heavy atom. The van der Waals surface area contributed by atoms with Crippen molar-refractivity contribution < 1.29 is 43.3 Å². The van der Waals surface area contributed by atoms with Crippen LogP contribution in [0.4, 0.5) is 0 Å². The van der Waals surface area contributed by atoms with Gasteiger partial charge in [-0.3, -0.25) is 4.98 Å². The second kappa shape index (κ2) is 3.73. The molecule has 119 valence electrons. The standard InChI is InChI=1S/C5H5N.8CO.Co/c1-2-4-6-5-3-1;8*1-2;/h1-5H;;;;;;;;;. The maximum atomic E-state index is 10.8. The summed E-state index contributed by atoms with van der Waals surface area (Å²) in [6, 6.07) is 5.72. The van der Waals surface area contributed by atoms with Crippen molar-refractivity contribution in [3.8, 4) is 0 Å². The van der Waals surface area contributed by atoms with Gasteiger partial charge < -0.3 is 0 Å². The Morgan fingerprint density at radius 2 is 0.739 bits per heavy atom. The van der Waals surface area contributed by atoms with E-state index in [4.69, 9.17) is 0 Å². The van der Waals surface area contributed by atoms with E-state index in [0.29, 0.717) is 0 Å². The fraction of sp³-hybridized carbons (Fsp3) is 0. The molecule has 1 aromatic rings. The van der Waals surface area contributed by atoms with Crippen LogP contribution in [0, 0.1) is 0 Å². The molecule has 0 amide bonds. The van der Waals surface area contributed by atoms with E-state index in [1.165, 1.54) is 0 Å². The normalized spacial score (nSPS) is 15.3. The molecule has 0 radical (unpaired) electrons. The summed E-state index contributed by atoms with van der Waals surface area (Å²) in [6.45, 7) is 0. The summed E-state index contributed by atoms with van der Waals surface area (Å²) < 4.78 is 0. The van der Waals surface area contributed by atoms with Crippen molar-refractivity contribution in [3.05, 3.63) is 30.6 Å². The first-order chi connectivity index (χ1) is 10.7. The minimum atomic E-state index is -9.64. The predicted molar refractivity (Wildman–Crippen MR) is 69.8 cm³/mol. The molecule has 0 aromatic carbocycles. The molecule has 0 aliphatic heterocycles. The van der Waals surface area contributed by atoms with E-state index in [9.17, 15) is 38.4 Å². The second-order valence-electron chi connectivity index (χ2n) is 3.90.